The Kier molecular flexibility index (Phi) is 28.9. The second-order valence-electron chi connectivity index (χ2n) is 12.4. The first-order chi connectivity index (χ1) is 24.1. The van der Waals surface area contributed by atoms with Gasteiger partial charge in [-0.25, -0.2) is 4.39 Å². The summed E-state index contributed by atoms with van der Waals surface area (Å²) in [6, 6.07) is 23.5. The van der Waals surface area contributed by atoms with E-state index in [9.17, 15) is 14.0 Å². The van der Waals surface area contributed by atoms with Crippen molar-refractivity contribution in [2.24, 2.45) is 5.92 Å². The lowest BCUT2D eigenvalue weighted by Gasteiger charge is -2.17. The van der Waals surface area contributed by atoms with Gasteiger partial charge in [0.15, 0.2) is 0 Å². The standard InChI is InChI=1S/C14H21ClN2O.C14H22FN.C13H18O.C2H6/c1-17(11-9-16-12-18)10-3-2-4-13-5-7-14(15)8-6-13;1-3-16(4-2)12-8-7-10-13-9-5-6-11-14(13)15;1-4-12-7-5-6-8-13(12)9-10(2)11(3)14;1-2/h5-8,12H,2-4,9-11H2,1H3,(H,16,18);5-6,9,11H,3-4,7-8,10,12H2,1-2H3;5-8,10H,4,9H2,1-3H3;1-2H3. The maximum atomic E-state index is 13.3. The minimum absolute atomic E-state index is 0.0645. The van der Waals surface area contributed by atoms with E-state index in [1.54, 1.807) is 19.1 Å². The van der Waals surface area contributed by atoms with Crippen LogP contribution >= 0.6 is 11.6 Å². The zero-order chi connectivity index (χ0) is 37.6. The number of unbranched alkanes of at least 4 members (excludes halogenated alkanes) is 2. The van der Waals surface area contributed by atoms with E-state index in [-0.39, 0.29) is 17.5 Å². The van der Waals surface area contributed by atoms with E-state index in [4.69, 9.17) is 11.6 Å². The molecular weight excluding hydrogens is 645 g/mol. The van der Waals surface area contributed by atoms with Crippen molar-refractivity contribution in [3.05, 3.63) is 106 Å². The molecule has 3 aromatic rings. The Hall–Kier alpha value is -3.06. The molecule has 0 fully saturated rings. The van der Waals surface area contributed by atoms with Gasteiger partial charge in [0.05, 0.1) is 0 Å². The SMILES string of the molecule is CC.CCN(CC)CCCCc1ccccc1F.CCc1ccccc1CC(C)C(C)=O.CN(CCCCc1ccc(Cl)cc1)CCNC=O. The number of halogens is 2. The Labute approximate surface area is 310 Å². The van der Waals surface area contributed by atoms with E-state index in [2.05, 4.69) is 73.3 Å². The van der Waals surface area contributed by atoms with Crippen LogP contribution in [-0.2, 0) is 35.3 Å². The second-order valence-corrected chi connectivity index (χ2v) is 12.8. The van der Waals surface area contributed by atoms with Crippen LogP contribution in [-0.4, -0.2) is 68.3 Å². The van der Waals surface area contributed by atoms with Gasteiger partial charge in [-0.2, -0.15) is 0 Å². The highest BCUT2D eigenvalue weighted by Gasteiger charge is 2.10. The zero-order valence-corrected chi connectivity index (χ0v) is 33.2. The molecule has 0 aliphatic rings. The topological polar surface area (TPSA) is 52.7 Å². The third-order valence-electron chi connectivity index (χ3n) is 8.63. The highest BCUT2D eigenvalue weighted by atomic mass is 35.5. The van der Waals surface area contributed by atoms with Gasteiger partial charge in [-0.05, 0) is 132 Å². The molecule has 1 N–H and O–H groups in total. The van der Waals surface area contributed by atoms with Gasteiger partial charge >= 0.3 is 0 Å². The Balaban J connectivity index is 0.000000707. The molecule has 1 amide bonds. The molecule has 0 aliphatic carbocycles. The number of amides is 1. The number of carbonyl (C=O) groups excluding carboxylic acids is 2. The van der Waals surface area contributed by atoms with Crippen molar-refractivity contribution in [3.8, 4) is 0 Å². The van der Waals surface area contributed by atoms with Crippen molar-refractivity contribution < 1.29 is 14.0 Å². The summed E-state index contributed by atoms with van der Waals surface area (Å²) in [5, 5.41) is 3.46. The maximum absolute atomic E-state index is 13.3. The molecule has 7 heteroatoms. The normalized spacial score (nSPS) is 11.0. The number of rotatable bonds is 20. The van der Waals surface area contributed by atoms with Crippen LogP contribution < -0.4 is 5.32 Å². The summed E-state index contributed by atoms with van der Waals surface area (Å²) >= 11 is 5.84. The summed E-state index contributed by atoms with van der Waals surface area (Å²) in [6.07, 6.45) is 9.17. The lowest BCUT2D eigenvalue weighted by atomic mass is 9.94. The van der Waals surface area contributed by atoms with Crippen molar-refractivity contribution in [1.29, 1.82) is 0 Å². The number of carbonyl (C=O) groups is 2. The lowest BCUT2D eigenvalue weighted by molar-refractivity contribution is -0.120. The summed E-state index contributed by atoms with van der Waals surface area (Å²) in [5.41, 5.74) is 4.87. The second kappa shape index (κ2) is 30.7. The molecule has 280 valence electrons. The Morgan fingerprint density at radius 2 is 1.36 bits per heavy atom. The van der Waals surface area contributed by atoms with Crippen molar-refractivity contribution in [2.45, 2.75) is 99.8 Å². The van der Waals surface area contributed by atoms with E-state index >= 15 is 0 Å². The van der Waals surface area contributed by atoms with Gasteiger partial charge in [0.1, 0.15) is 11.6 Å². The molecule has 0 aliphatic heterocycles. The largest absolute Gasteiger partial charge is 0.357 e. The van der Waals surface area contributed by atoms with E-state index in [1.165, 1.54) is 29.5 Å². The van der Waals surface area contributed by atoms with E-state index in [0.717, 1.165) is 94.8 Å². The molecule has 0 spiro atoms. The van der Waals surface area contributed by atoms with Crippen molar-refractivity contribution in [1.82, 2.24) is 15.1 Å². The lowest BCUT2D eigenvalue weighted by Crippen LogP contribution is -2.29. The smallest absolute Gasteiger partial charge is 0.207 e. The van der Waals surface area contributed by atoms with Crippen molar-refractivity contribution in [2.75, 3.05) is 46.3 Å². The average molecular weight is 712 g/mol. The van der Waals surface area contributed by atoms with Crippen LogP contribution in [0, 0.1) is 11.7 Å². The molecule has 3 rings (SSSR count). The van der Waals surface area contributed by atoms with Crippen LogP contribution in [0.3, 0.4) is 0 Å². The van der Waals surface area contributed by atoms with Crippen LogP contribution in [0.5, 0.6) is 0 Å². The minimum Gasteiger partial charge on any atom is -0.357 e. The number of benzene rings is 3. The summed E-state index contributed by atoms with van der Waals surface area (Å²) in [5.74, 6) is 0.351. The first-order valence-corrected chi connectivity index (χ1v) is 19.2. The van der Waals surface area contributed by atoms with Crippen LogP contribution in [0.1, 0.15) is 96.4 Å². The Bertz CT molecular complexity index is 1270. The molecule has 0 aromatic heterocycles. The third-order valence-corrected chi connectivity index (χ3v) is 8.88. The monoisotopic (exact) mass is 711 g/mol. The van der Waals surface area contributed by atoms with Crippen molar-refractivity contribution in [3.63, 3.8) is 0 Å². The van der Waals surface area contributed by atoms with Gasteiger partial charge in [0, 0.05) is 24.0 Å². The first kappa shape index (κ1) is 46.9. The highest BCUT2D eigenvalue weighted by Crippen LogP contribution is 2.15. The number of aryl methyl sites for hydroxylation is 3. The van der Waals surface area contributed by atoms with Crippen molar-refractivity contribution >= 4 is 23.8 Å². The molecule has 1 unspecified atom stereocenters. The summed E-state index contributed by atoms with van der Waals surface area (Å²) in [4.78, 5) is 25.9. The first-order valence-electron chi connectivity index (χ1n) is 18.8. The average Bonchev–Trinajstić information content (AvgIpc) is 3.13. The van der Waals surface area contributed by atoms with E-state index < -0.39 is 0 Å². The molecule has 1 atom stereocenters. The van der Waals surface area contributed by atoms with Gasteiger partial charge in [-0.15, -0.1) is 0 Å². The third kappa shape index (κ3) is 22.6. The molecule has 0 radical (unpaired) electrons. The predicted molar refractivity (Wildman–Crippen MR) is 214 cm³/mol. The van der Waals surface area contributed by atoms with Crippen LogP contribution in [0.2, 0.25) is 5.02 Å². The van der Waals surface area contributed by atoms with E-state index in [1.807, 2.05) is 51.1 Å². The zero-order valence-electron chi connectivity index (χ0n) is 32.4. The molecule has 0 saturated carbocycles. The number of Topliss-reactive ketones (excluding diaryl/α,β-unsaturated/α-hetero) is 1. The van der Waals surface area contributed by atoms with Gasteiger partial charge in [-0.3, -0.25) is 9.59 Å². The number of hydrogen-bond donors (Lipinski definition) is 1. The van der Waals surface area contributed by atoms with Gasteiger partial charge < -0.3 is 15.1 Å². The molecule has 50 heavy (non-hydrogen) atoms. The minimum atomic E-state index is -0.0645. The number of nitrogens with zero attached hydrogens (tertiary/aromatic N) is 2. The summed E-state index contributed by atoms with van der Waals surface area (Å²) in [6.45, 7) is 20.2. The highest BCUT2D eigenvalue weighted by molar-refractivity contribution is 6.30. The van der Waals surface area contributed by atoms with Crippen LogP contribution in [0.25, 0.3) is 0 Å². The molecule has 0 bridgehead atoms. The number of nitrogens with one attached hydrogen (secondary N) is 1. The Morgan fingerprint density at radius 1 is 0.800 bits per heavy atom. The van der Waals surface area contributed by atoms with Gasteiger partial charge in [0.25, 0.3) is 0 Å². The van der Waals surface area contributed by atoms with Gasteiger partial charge in [0.2, 0.25) is 6.41 Å². The predicted octanol–water partition coefficient (Wildman–Crippen LogP) is 9.87. The summed E-state index contributed by atoms with van der Waals surface area (Å²) in [7, 11) is 2.08. The molecular formula is C43H67ClFN3O2. The number of ketones is 1. The Morgan fingerprint density at radius 3 is 1.92 bits per heavy atom. The van der Waals surface area contributed by atoms with Crippen LogP contribution in [0.15, 0.2) is 72.8 Å². The quantitative estimate of drug-likeness (QED) is 0.0937. The van der Waals surface area contributed by atoms with Gasteiger partial charge in [-0.1, -0.05) is 108 Å². The number of likely N-dealkylation sites (N-methyl/N-ethyl adjacent to an activating group) is 1. The summed E-state index contributed by atoms with van der Waals surface area (Å²) < 4.78 is 13.3. The number of hydrogen-bond acceptors (Lipinski definition) is 4. The molecule has 3 aromatic carbocycles. The fourth-order valence-electron chi connectivity index (χ4n) is 5.26. The van der Waals surface area contributed by atoms with E-state index in [0.29, 0.717) is 0 Å². The fraction of sp³-hybridized carbons (Fsp3) is 0.535. The van der Waals surface area contributed by atoms with Crippen LogP contribution in [0.4, 0.5) is 4.39 Å². The fourth-order valence-corrected chi connectivity index (χ4v) is 5.38. The molecule has 0 saturated heterocycles. The molecule has 0 heterocycles. The molecule has 5 nitrogen and oxygen atoms in total. The maximum Gasteiger partial charge on any atom is 0.207 e.